The smallest absolute Gasteiger partial charge is 0.213 e. The molecule has 3 nitrogen and oxygen atoms in total. The molecule has 7 aromatic carbocycles. The van der Waals surface area contributed by atoms with Gasteiger partial charge in [0, 0.05) is 32.9 Å². The van der Waals surface area contributed by atoms with E-state index < -0.39 is 0 Å². The number of benzene rings is 7. The lowest BCUT2D eigenvalue weighted by Crippen LogP contribution is -1.93. The molecular weight excluding hydrogens is 572 g/mol. The summed E-state index contributed by atoms with van der Waals surface area (Å²) in [6.45, 7) is 0. The van der Waals surface area contributed by atoms with E-state index in [1.165, 1.54) is 49.4 Å². The van der Waals surface area contributed by atoms with Gasteiger partial charge < -0.3 is 8.98 Å². The number of furan rings is 1. The minimum atomic E-state index is 0.877. The van der Waals surface area contributed by atoms with Gasteiger partial charge in [-0.3, -0.25) is 4.57 Å². The molecule has 0 atom stereocenters. The van der Waals surface area contributed by atoms with Gasteiger partial charge in [-0.25, -0.2) is 0 Å². The quantitative estimate of drug-likeness (QED) is 0.197. The van der Waals surface area contributed by atoms with Gasteiger partial charge in [-0.1, -0.05) is 109 Å². The van der Waals surface area contributed by atoms with Crippen molar-refractivity contribution in [3.05, 3.63) is 170 Å². The maximum Gasteiger partial charge on any atom is 0.213 e. The van der Waals surface area contributed by atoms with Crippen molar-refractivity contribution < 1.29 is 4.42 Å². The van der Waals surface area contributed by atoms with Crippen LogP contribution in [0.4, 0.5) is 0 Å². The van der Waals surface area contributed by atoms with Gasteiger partial charge >= 0.3 is 0 Å². The third kappa shape index (κ3) is 3.93. The van der Waals surface area contributed by atoms with Crippen molar-refractivity contribution >= 4 is 54.8 Å². The summed E-state index contributed by atoms with van der Waals surface area (Å²) in [5, 5.41) is 6.02. The fourth-order valence-electron chi connectivity index (χ4n) is 7.39. The van der Waals surface area contributed by atoms with E-state index in [0.717, 1.165) is 39.0 Å². The topological polar surface area (TPSA) is 23.0 Å². The molecular formula is C44H28N2O. The summed E-state index contributed by atoms with van der Waals surface area (Å²) < 4.78 is 11.2. The largest absolute Gasteiger partial charge is 0.439 e. The Morgan fingerprint density at radius 1 is 0.340 bits per heavy atom. The highest BCUT2D eigenvalue weighted by molar-refractivity contribution is 6.20. The van der Waals surface area contributed by atoms with E-state index in [-0.39, 0.29) is 0 Å². The van der Waals surface area contributed by atoms with Crippen molar-refractivity contribution in [1.82, 2.24) is 9.13 Å². The molecule has 0 N–H and O–H groups in total. The fraction of sp³-hybridized carbons (Fsp3) is 0. The number of rotatable bonds is 4. The second kappa shape index (κ2) is 10.1. The van der Waals surface area contributed by atoms with Crippen LogP contribution in [0.2, 0.25) is 0 Å². The molecule has 0 amide bonds. The number of hydrogen-bond donors (Lipinski definition) is 0. The van der Waals surface area contributed by atoms with Crippen molar-refractivity contribution in [2.45, 2.75) is 0 Å². The zero-order valence-corrected chi connectivity index (χ0v) is 25.5. The van der Waals surface area contributed by atoms with E-state index in [9.17, 15) is 0 Å². The molecule has 0 radical (unpaired) electrons. The van der Waals surface area contributed by atoms with Crippen LogP contribution in [-0.2, 0) is 0 Å². The summed E-state index contributed by atoms with van der Waals surface area (Å²) in [5.41, 5.74) is 12.3. The van der Waals surface area contributed by atoms with Crippen LogP contribution in [0.1, 0.15) is 0 Å². The van der Waals surface area contributed by atoms with Gasteiger partial charge in [-0.05, 0) is 82.9 Å². The molecule has 10 aromatic rings. The minimum Gasteiger partial charge on any atom is -0.439 e. The summed E-state index contributed by atoms with van der Waals surface area (Å²) in [5.74, 6) is 0. The van der Waals surface area contributed by atoms with Crippen LogP contribution in [0.5, 0.6) is 0 Å². The van der Waals surface area contributed by atoms with Crippen LogP contribution in [0, 0.1) is 0 Å². The molecule has 220 valence electrons. The maximum atomic E-state index is 6.56. The average molecular weight is 601 g/mol. The molecule has 47 heavy (non-hydrogen) atoms. The minimum absolute atomic E-state index is 0.877. The van der Waals surface area contributed by atoms with Gasteiger partial charge in [-0.15, -0.1) is 0 Å². The molecule has 0 spiro atoms. The van der Waals surface area contributed by atoms with Crippen molar-refractivity contribution in [2.24, 2.45) is 0 Å². The third-order valence-electron chi connectivity index (χ3n) is 9.54. The Hall–Kier alpha value is -6.32. The Morgan fingerprint density at radius 2 is 0.872 bits per heavy atom. The van der Waals surface area contributed by atoms with Crippen LogP contribution >= 0.6 is 0 Å². The average Bonchev–Trinajstić information content (AvgIpc) is 3.79. The molecule has 0 aliphatic carbocycles. The van der Waals surface area contributed by atoms with Gasteiger partial charge in [0.15, 0.2) is 0 Å². The summed E-state index contributed by atoms with van der Waals surface area (Å²) in [6, 6.07) is 60.7. The highest BCUT2D eigenvalue weighted by Crippen LogP contribution is 2.41. The normalized spacial score (nSPS) is 11.8. The SMILES string of the molecule is c1ccc(-n2c3ccccc3c3c4cc(-c5cccc(-c6ccc(-n7c8ccccc8c8ccccc87)cc6)c5)ccc4oc32)cc1. The van der Waals surface area contributed by atoms with Crippen LogP contribution in [0.3, 0.4) is 0 Å². The van der Waals surface area contributed by atoms with Crippen molar-refractivity contribution in [3.8, 4) is 33.6 Å². The molecule has 3 heterocycles. The summed E-state index contributed by atoms with van der Waals surface area (Å²) in [6.07, 6.45) is 0. The van der Waals surface area contributed by atoms with Crippen LogP contribution in [-0.4, -0.2) is 9.13 Å². The molecule has 0 aliphatic heterocycles. The lowest BCUT2D eigenvalue weighted by atomic mass is 9.97. The lowest BCUT2D eigenvalue weighted by molar-refractivity contribution is 0.645. The second-order valence-corrected chi connectivity index (χ2v) is 12.2. The predicted molar refractivity (Wildman–Crippen MR) is 196 cm³/mol. The number of nitrogens with zero attached hydrogens (tertiary/aromatic N) is 2. The van der Waals surface area contributed by atoms with Crippen LogP contribution < -0.4 is 0 Å². The number of para-hydroxylation sites is 4. The first-order valence-corrected chi connectivity index (χ1v) is 16.0. The molecule has 0 saturated heterocycles. The lowest BCUT2D eigenvalue weighted by Gasteiger charge is -2.10. The van der Waals surface area contributed by atoms with Gasteiger partial charge in [0.25, 0.3) is 0 Å². The first kappa shape index (κ1) is 26.0. The van der Waals surface area contributed by atoms with Gasteiger partial charge in [0.1, 0.15) is 5.58 Å². The summed E-state index contributed by atoms with van der Waals surface area (Å²) in [4.78, 5) is 0. The van der Waals surface area contributed by atoms with Gasteiger partial charge in [-0.2, -0.15) is 0 Å². The van der Waals surface area contributed by atoms with Crippen molar-refractivity contribution in [1.29, 1.82) is 0 Å². The Labute approximate surface area is 271 Å². The Bertz CT molecular complexity index is 2720. The van der Waals surface area contributed by atoms with E-state index >= 15 is 0 Å². The van der Waals surface area contributed by atoms with Gasteiger partial charge in [0.05, 0.1) is 21.9 Å². The highest BCUT2D eigenvalue weighted by atomic mass is 16.3. The fourth-order valence-corrected chi connectivity index (χ4v) is 7.39. The Kier molecular flexibility index (Phi) is 5.57. The molecule has 3 aromatic heterocycles. The second-order valence-electron chi connectivity index (χ2n) is 12.2. The molecule has 0 unspecified atom stereocenters. The first-order valence-electron chi connectivity index (χ1n) is 16.0. The highest BCUT2D eigenvalue weighted by Gasteiger charge is 2.19. The third-order valence-corrected chi connectivity index (χ3v) is 9.54. The summed E-state index contributed by atoms with van der Waals surface area (Å²) >= 11 is 0. The van der Waals surface area contributed by atoms with E-state index in [2.05, 4.69) is 173 Å². The van der Waals surface area contributed by atoms with E-state index in [1.807, 2.05) is 6.07 Å². The van der Waals surface area contributed by atoms with E-state index in [4.69, 9.17) is 4.42 Å². The zero-order chi connectivity index (χ0) is 30.9. The first-order chi connectivity index (χ1) is 23.3. The maximum absolute atomic E-state index is 6.56. The molecule has 0 bridgehead atoms. The predicted octanol–water partition coefficient (Wildman–Crippen LogP) is 12.0. The molecule has 10 rings (SSSR count). The number of aromatic nitrogens is 2. The molecule has 0 fully saturated rings. The summed E-state index contributed by atoms with van der Waals surface area (Å²) in [7, 11) is 0. The van der Waals surface area contributed by atoms with Crippen LogP contribution in [0.15, 0.2) is 174 Å². The van der Waals surface area contributed by atoms with E-state index in [1.54, 1.807) is 0 Å². The Balaban J connectivity index is 1.06. The number of fused-ring (bicyclic) bond motifs is 8. The number of hydrogen-bond acceptors (Lipinski definition) is 1. The monoisotopic (exact) mass is 600 g/mol. The molecule has 3 heteroatoms. The van der Waals surface area contributed by atoms with Crippen molar-refractivity contribution in [2.75, 3.05) is 0 Å². The molecule has 0 aliphatic rings. The standard InChI is InChI=1S/C44H28N2O/c1-2-13-33(14-3-1)46-41-20-9-6-17-37(41)43-38-28-32(23-26-42(38)47-44(43)46)31-12-10-11-30(27-31)29-21-24-34(25-22-29)45-39-18-7-4-15-35(39)36-16-5-8-19-40(36)45/h1-28H. The van der Waals surface area contributed by atoms with Gasteiger partial charge in [0.2, 0.25) is 5.71 Å². The zero-order valence-electron chi connectivity index (χ0n) is 25.5. The Morgan fingerprint density at radius 3 is 1.57 bits per heavy atom. The van der Waals surface area contributed by atoms with Crippen LogP contribution in [0.25, 0.3) is 88.4 Å². The van der Waals surface area contributed by atoms with Crippen molar-refractivity contribution in [3.63, 3.8) is 0 Å². The molecule has 0 saturated carbocycles. The van der Waals surface area contributed by atoms with E-state index in [0.29, 0.717) is 0 Å².